The molecule has 1 amide bonds. The number of carbonyl (C=O) groups is 1. The van der Waals surface area contributed by atoms with Gasteiger partial charge in [-0.2, -0.15) is 0 Å². The summed E-state index contributed by atoms with van der Waals surface area (Å²) in [5.41, 5.74) is 13.1. The van der Waals surface area contributed by atoms with Gasteiger partial charge in [0.25, 0.3) is 0 Å². The number of hydrogen-bond donors (Lipinski definition) is 2. The minimum absolute atomic E-state index is 0.195. The predicted octanol–water partition coefficient (Wildman–Crippen LogP) is 1.69. The number of benzene rings is 1. The molecular weight excluding hydrogens is 188 g/mol. The van der Waals surface area contributed by atoms with E-state index >= 15 is 0 Å². The van der Waals surface area contributed by atoms with Crippen LogP contribution in [0.4, 0.5) is 0 Å². The number of rotatable bonds is 4. The second-order valence-corrected chi connectivity index (χ2v) is 4.10. The Hall–Kier alpha value is -1.35. The van der Waals surface area contributed by atoms with Gasteiger partial charge in [-0.3, -0.25) is 4.79 Å². The molecule has 0 unspecified atom stereocenters. The average molecular weight is 206 g/mol. The minimum Gasteiger partial charge on any atom is -0.370 e. The van der Waals surface area contributed by atoms with Crippen molar-refractivity contribution in [1.29, 1.82) is 0 Å². The molecule has 1 atom stereocenters. The molecule has 0 aliphatic heterocycles. The fourth-order valence-electron chi connectivity index (χ4n) is 1.46. The summed E-state index contributed by atoms with van der Waals surface area (Å²) in [6, 6.07) is 7.72. The summed E-state index contributed by atoms with van der Waals surface area (Å²) in [4.78, 5) is 10.7. The van der Waals surface area contributed by atoms with Gasteiger partial charge >= 0.3 is 0 Å². The summed E-state index contributed by atoms with van der Waals surface area (Å²) < 4.78 is 0. The van der Waals surface area contributed by atoms with Crippen molar-refractivity contribution in [3.8, 4) is 0 Å². The molecule has 0 radical (unpaired) electrons. The van der Waals surface area contributed by atoms with Crippen molar-refractivity contribution in [3.63, 3.8) is 0 Å². The summed E-state index contributed by atoms with van der Waals surface area (Å²) in [7, 11) is 0. The Labute approximate surface area is 90.5 Å². The lowest BCUT2D eigenvalue weighted by atomic mass is 9.98. The molecule has 1 aromatic carbocycles. The number of hydrogen-bond acceptors (Lipinski definition) is 2. The zero-order chi connectivity index (χ0) is 11.4. The summed E-state index contributed by atoms with van der Waals surface area (Å²) in [6.07, 6.45) is 0.195. The summed E-state index contributed by atoms with van der Waals surface area (Å²) >= 11 is 0. The molecule has 0 saturated heterocycles. The Balaban J connectivity index is 2.75. The van der Waals surface area contributed by atoms with Crippen molar-refractivity contribution in [2.45, 2.75) is 32.2 Å². The largest absolute Gasteiger partial charge is 0.370 e. The second kappa shape index (κ2) is 4.94. The van der Waals surface area contributed by atoms with Gasteiger partial charge in [-0.25, -0.2) is 0 Å². The van der Waals surface area contributed by atoms with Crippen LogP contribution in [-0.4, -0.2) is 5.91 Å². The van der Waals surface area contributed by atoms with Crippen molar-refractivity contribution in [1.82, 2.24) is 0 Å². The van der Waals surface area contributed by atoms with Crippen molar-refractivity contribution < 1.29 is 4.79 Å². The van der Waals surface area contributed by atoms with Crippen molar-refractivity contribution in [3.05, 3.63) is 35.4 Å². The SMILES string of the molecule is CC(C)c1ccc([C@@H](N)CC(N)=O)cc1. The van der Waals surface area contributed by atoms with E-state index in [9.17, 15) is 4.79 Å². The van der Waals surface area contributed by atoms with Crippen LogP contribution in [0.5, 0.6) is 0 Å². The van der Waals surface area contributed by atoms with Crippen LogP contribution in [0.1, 0.15) is 43.4 Å². The Morgan fingerprint density at radius 2 is 1.67 bits per heavy atom. The van der Waals surface area contributed by atoms with Gasteiger partial charge in [0.05, 0.1) is 0 Å². The summed E-state index contributed by atoms with van der Waals surface area (Å²) in [5, 5.41) is 0. The highest BCUT2D eigenvalue weighted by molar-refractivity contribution is 5.74. The van der Waals surface area contributed by atoms with Gasteiger partial charge in [0.2, 0.25) is 5.91 Å². The fraction of sp³-hybridized carbons (Fsp3) is 0.417. The van der Waals surface area contributed by atoms with E-state index in [4.69, 9.17) is 11.5 Å². The summed E-state index contributed by atoms with van der Waals surface area (Å²) in [6.45, 7) is 4.27. The van der Waals surface area contributed by atoms with Crippen molar-refractivity contribution in [2.24, 2.45) is 11.5 Å². The Morgan fingerprint density at radius 3 is 2.07 bits per heavy atom. The number of amides is 1. The molecule has 82 valence electrons. The van der Waals surface area contributed by atoms with Crippen LogP contribution in [0, 0.1) is 0 Å². The third kappa shape index (κ3) is 3.36. The number of nitrogens with two attached hydrogens (primary N) is 2. The second-order valence-electron chi connectivity index (χ2n) is 4.10. The molecule has 0 spiro atoms. The highest BCUT2D eigenvalue weighted by Crippen LogP contribution is 2.18. The third-order valence-electron chi connectivity index (χ3n) is 2.45. The van der Waals surface area contributed by atoms with Gasteiger partial charge in [-0.05, 0) is 17.0 Å². The highest BCUT2D eigenvalue weighted by Gasteiger charge is 2.09. The topological polar surface area (TPSA) is 69.1 Å². The standard InChI is InChI=1S/C12H18N2O/c1-8(2)9-3-5-10(6-4-9)11(13)7-12(14)15/h3-6,8,11H,7,13H2,1-2H3,(H2,14,15)/t11-/m0/s1. The smallest absolute Gasteiger partial charge is 0.219 e. The first-order chi connectivity index (χ1) is 7.00. The van der Waals surface area contributed by atoms with E-state index in [0.717, 1.165) is 5.56 Å². The van der Waals surface area contributed by atoms with E-state index in [0.29, 0.717) is 5.92 Å². The molecule has 15 heavy (non-hydrogen) atoms. The lowest BCUT2D eigenvalue weighted by Crippen LogP contribution is -2.20. The van der Waals surface area contributed by atoms with E-state index in [1.54, 1.807) is 0 Å². The van der Waals surface area contributed by atoms with Crippen molar-refractivity contribution >= 4 is 5.91 Å². The minimum atomic E-state index is -0.365. The monoisotopic (exact) mass is 206 g/mol. The average Bonchev–Trinajstić information content (AvgIpc) is 2.17. The summed E-state index contributed by atoms with van der Waals surface area (Å²) in [5.74, 6) is 0.141. The molecule has 0 saturated carbocycles. The maximum atomic E-state index is 10.7. The fourth-order valence-corrected chi connectivity index (χ4v) is 1.46. The first-order valence-corrected chi connectivity index (χ1v) is 5.14. The molecule has 0 bridgehead atoms. The molecule has 0 aromatic heterocycles. The normalized spacial score (nSPS) is 12.8. The van der Waals surface area contributed by atoms with Gasteiger partial charge in [0, 0.05) is 12.5 Å². The molecule has 1 aromatic rings. The molecule has 3 nitrogen and oxygen atoms in total. The van der Waals surface area contributed by atoms with E-state index < -0.39 is 0 Å². The van der Waals surface area contributed by atoms with E-state index in [-0.39, 0.29) is 18.4 Å². The maximum absolute atomic E-state index is 10.7. The highest BCUT2D eigenvalue weighted by atomic mass is 16.1. The predicted molar refractivity (Wildman–Crippen MR) is 61.3 cm³/mol. The van der Waals surface area contributed by atoms with Gasteiger partial charge in [-0.1, -0.05) is 38.1 Å². The zero-order valence-electron chi connectivity index (χ0n) is 9.23. The molecule has 1 rings (SSSR count). The lowest BCUT2D eigenvalue weighted by molar-refractivity contribution is -0.118. The Kier molecular flexibility index (Phi) is 3.86. The first-order valence-electron chi connectivity index (χ1n) is 5.14. The number of primary amides is 1. The van der Waals surface area contributed by atoms with Crippen LogP contribution in [0.25, 0.3) is 0 Å². The molecule has 0 heterocycles. The molecular formula is C12H18N2O. The number of carbonyl (C=O) groups excluding carboxylic acids is 1. The van der Waals surface area contributed by atoms with Gasteiger partial charge < -0.3 is 11.5 Å². The zero-order valence-corrected chi connectivity index (χ0v) is 9.23. The third-order valence-corrected chi connectivity index (χ3v) is 2.45. The maximum Gasteiger partial charge on any atom is 0.219 e. The van der Waals surface area contributed by atoms with Gasteiger partial charge in [0.1, 0.15) is 0 Å². The van der Waals surface area contributed by atoms with E-state index in [2.05, 4.69) is 13.8 Å². The van der Waals surface area contributed by atoms with Crippen LogP contribution < -0.4 is 11.5 Å². The van der Waals surface area contributed by atoms with Crippen LogP contribution in [0.15, 0.2) is 24.3 Å². The quantitative estimate of drug-likeness (QED) is 0.787. The van der Waals surface area contributed by atoms with Gasteiger partial charge in [-0.15, -0.1) is 0 Å². The van der Waals surface area contributed by atoms with Crippen LogP contribution in [0.3, 0.4) is 0 Å². The Morgan fingerprint density at radius 1 is 1.20 bits per heavy atom. The first kappa shape index (κ1) is 11.7. The molecule has 0 fully saturated rings. The Bertz CT molecular complexity index is 330. The molecule has 0 aliphatic rings. The van der Waals surface area contributed by atoms with Crippen LogP contribution in [0.2, 0.25) is 0 Å². The van der Waals surface area contributed by atoms with E-state index in [1.165, 1.54) is 5.56 Å². The molecule has 0 aliphatic carbocycles. The van der Waals surface area contributed by atoms with Crippen LogP contribution in [-0.2, 0) is 4.79 Å². The lowest BCUT2D eigenvalue weighted by Gasteiger charge is -2.11. The molecule has 4 N–H and O–H groups in total. The molecule has 3 heteroatoms. The van der Waals surface area contributed by atoms with Gasteiger partial charge in [0.15, 0.2) is 0 Å². The van der Waals surface area contributed by atoms with Crippen LogP contribution >= 0.6 is 0 Å². The van der Waals surface area contributed by atoms with Crippen molar-refractivity contribution in [2.75, 3.05) is 0 Å². The van der Waals surface area contributed by atoms with E-state index in [1.807, 2.05) is 24.3 Å².